The summed E-state index contributed by atoms with van der Waals surface area (Å²) in [7, 11) is 0. The summed E-state index contributed by atoms with van der Waals surface area (Å²) in [6, 6.07) is 11.5. The molecule has 1 saturated heterocycles. The minimum Gasteiger partial charge on any atom is -0.507 e. The number of aromatic hydroxyl groups is 1. The number of benzene rings is 2. The van der Waals surface area contributed by atoms with Crippen molar-refractivity contribution in [2.24, 2.45) is 0 Å². The Balaban J connectivity index is 1.65. The highest BCUT2D eigenvalue weighted by molar-refractivity contribution is 5.97. The van der Waals surface area contributed by atoms with Crippen molar-refractivity contribution in [3.63, 3.8) is 0 Å². The number of aryl methyl sites for hydroxylation is 2. The van der Waals surface area contributed by atoms with Gasteiger partial charge in [0.05, 0.1) is 5.56 Å². The maximum absolute atomic E-state index is 12.9. The molecule has 4 nitrogen and oxygen atoms in total. The van der Waals surface area contributed by atoms with Crippen LogP contribution in [0, 0.1) is 13.8 Å². The highest BCUT2D eigenvalue weighted by Crippen LogP contribution is 2.28. The van der Waals surface area contributed by atoms with Crippen LogP contribution in [0.1, 0.15) is 59.7 Å². The molecule has 2 aromatic carbocycles. The number of rotatable bonds is 4. The first-order valence-electron chi connectivity index (χ1n) is 9.72. The Morgan fingerprint density at radius 2 is 1.74 bits per heavy atom. The van der Waals surface area contributed by atoms with E-state index >= 15 is 0 Å². The lowest BCUT2D eigenvalue weighted by molar-refractivity contribution is 0.0590. The monoisotopic (exact) mass is 367 g/mol. The summed E-state index contributed by atoms with van der Waals surface area (Å²) < 4.78 is 6.24. The highest BCUT2D eigenvalue weighted by atomic mass is 16.5. The van der Waals surface area contributed by atoms with Gasteiger partial charge < -0.3 is 14.7 Å². The van der Waals surface area contributed by atoms with Gasteiger partial charge in [-0.1, -0.05) is 38.1 Å². The van der Waals surface area contributed by atoms with E-state index < -0.39 is 0 Å². The number of phenolic OH excluding ortho intramolecular Hbond substituents is 1. The maximum atomic E-state index is 12.9. The quantitative estimate of drug-likeness (QED) is 0.843. The topological polar surface area (TPSA) is 49.8 Å². The molecule has 1 aliphatic rings. The fourth-order valence-electron chi connectivity index (χ4n) is 3.58. The lowest BCUT2D eigenvalue weighted by atomic mass is 9.99. The van der Waals surface area contributed by atoms with Gasteiger partial charge >= 0.3 is 0 Å². The van der Waals surface area contributed by atoms with Crippen LogP contribution < -0.4 is 4.74 Å². The zero-order valence-electron chi connectivity index (χ0n) is 16.7. The number of hydrogen-bond acceptors (Lipinski definition) is 3. The van der Waals surface area contributed by atoms with Crippen LogP contribution in [-0.4, -0.2) is 35.1 Å². The van der Waals surface area contributed by atoms with E-state index in [1.165, 1.54) is 0 Å². The molecule has 1 aliphatic heterocycles. The summed E-state index contributed by atoms with van der Waals surface area (Å²) in [5, 5.41) is 10.2. The van der Waals surface area contributed by atoms with Gasteiger partial charge in [-0.25, -0.2) is 0 Å². The molecule has 144 valence electrons. The van der Waals surface area contributed by atoms with Crippen molar-refractivity contribution in [2.45, 2.75) is 52.6 Å². The van der Waals surface area contributed by atoms with Crippen molar-refractivity contribution in [1.29, 1.82) is 0 Å². The molecule has 0 bridgehead atoms. The molecule has 0 spiro atoms. The first-order chi connectivity index (χ1) is 12.9. The normalized spacial score (nSPS) is 15.2. The Morgan fingerprint density at radius 3 is 2.33 bits per heavy atom. The van der Waals surface area contributed by atoms with Gasteiger partial charge in [0.2, 0.25) is 0 Å². The summed E-state index contributed by atoms with van der Waals surface area (Å²) in [6.07, 6.45) is 1.71. The molecule has 0 atom stereocenters. The number of ether oxygens (including phenoxy) is 1. The lowest BCUT2D eigenvalue weighted by Crippen LogP contribution is -2.42. The predicted molar refractivity (Wildman–Crippen MR) is 108 cm³/mol. The lowest BCUT2D eigenvalue weighted by Gasteiger charge is -2.33. The van der Waals surface area contributed by atoms with Gasteiger partial charge in [-0.05, 0) is 48.6 Å². The van der Waals surface area contributed by atoms with Crippen LogP contribution in [-0.2, 0) is 0 Å². The number of piperidine rings is 1. The smallest absolute Gasteiger partial charge is 0.257 e. The molecule has 0 aliphatic carbocycles. The molecule has 0 radical (unpaired) electrons. The van der Waals surface area contributed by atoms with Crippen molar-refractivity contribution >= 4 is 5.91 Å². The number of likely N-dealkylation sites (tertiary alicyclic amines) is 1. The molecular weight excluding hydrogens is 338 g/mol. The van der Waals surface area contributed by atoms with Crippen LogP contribution >= 0.6 is 0 Å². The van der Waals surface area contributed by atoms with E-state index in [-0.39, 0.29) is 17.8 Å². The Labute approximate surface area is 161 Å². The summed E-state index contributed by atoms with van der Waals surface area (Å²) in [5.74, 6) is 1.23. The Bertz CT molecular complexity index is 800. The summed E-state index contributed by atoms with van der Waals surface area (Å²) in [4.78, 5) is 14.7. The molecule has 1 heterocycles. The summed E-state index contributed by atoms with van der Waals surface area (Å²) in [6.45, 7) is 9.56. The van der Waals surface area contributed by atoms with E-state index in [0.717, 1.165) is 35.3 Å². The number of nitrogens with zero attached hydrogens (tertiary/aromatic N) is 1. The van der Waals surface area contributed by atoms with Crippen LogP contribution in [0.5, 0.6) is 11.5 Å². The summed E-state index contributed by atoms with van der Waals surface area (Å²) in [5.41, 5.74) is 3.74. The number of hydrogen-bond donors (Lipinski definition) is 1. The number of para-hydroxylation sites is 1. The van der Waals surface area contributed by atoms with Crippen LogP contribution in [0.15, 0.2) is 36.4 Å². The van der Waals surface area contributed by atoms with Crippen molar-refractivity contribution in [3.05, 3.63) is 58.7 Å². The molecule has 1 amide bonds. The van der Waals surface area contributed by atoms with E-state index in [1.54, 1.807) is 6.07 Å². The second-order valence-corrected chi connectivity index (χ2v) is 7.76. The second-order valence-electron chi connectivity index (χ2n) is 7.76. The van der Waals surface area contributed by atoms with Crippen molar-refractivity contribution in [3.8, 4) is 11.5 Å². The molecule has 1 N–H and O–H groups in total. The number of amides is 1. The summed E-state index contributed by atoms with van der Waals surface area (Å²) >= 11 is 0. The molecule has 2 aromatic rings. The molecule has 27 heavy (non-hydrogen) atoms. The molecule has 4 heteroatoms. The maximum Gasteiger partial charge on any atom is 0.257 e. The third kappa shape index (κ3) is 4.26. The van der Waals surface area contributed by atoms with Crippen molar-refractivity contribution in [2.75, 3.05) is 13.1 Å². The van der Waals surface area contributed by atoms with Crippen LogP contribution in [0.25, 0.3) is 0 Å². The van der Waals surface area contributed by atoms with Gasteiger partial charge in [-0.15, -0.1) is 0 Å². The van der Waals surface area contributed by atoms with Gasteiger partial charge in [0.1, 0.15) is 17.6 Å². The largest absolute Gasteiger partial charge is 0.507 e. The molecule has 0 saturated carbocycles. The molecule has 1 fully saturated rings. The molecular formula is C23H29NO3. The fraction of sp³-hybridized carbons (Fsp3) is 0.435. The van der Waals surface area contributed by atoms with Gasteiger partial charge in [0, 0.05) is 25.9 Å². The molecule has 0 aromatic heterocycles. The Hall–Kier alpha value is -2.49. The van der Waals surface area contributed by atoms with E-state index in [9.17, 15) is 9.90 Å². The second kappa shape index (κ2) is 8.03. The SMILES string of the molecule is Cc1cccc(C)c1OC1CCN(C(=O)c2cc(C(C)C)ccc2O)CC1. The first-order valence-corrected chi connectivity index (χ1v) is 9.72. The number of carbonyl (C=O) groups excluding carboxylic acids is 1. The van der Waals surface area contributed by atoms with E-state index in [1.807, 2.05) is 23.1 Å². The third-order valence-corrected chi connectivity index (χ3v) is 5.34. The predicted octanol–water partition coefficient (Wildman–Crippen LogP) is 4.82. The Morgan fingerprint density at radius 1 is 1.11 bits per heavy atom. The average molecular weight is 367 g/mol. The van der Waals surface area contributed by atoms with Gasteiger partial charge in [-0.2, -0.15) is 0 Å². The van der Waals surface area contributed by atoms with E-state index in [0.29, 0.717) is 24.6 Å². The van der Waals surface area contributed by atoms with Gasteiger partial charge in [0.15, 0.2) is 0 Å². The standard InChI is InChI=1S/C23H29NO3/c1-15(2)18-8-9-21(25)20(14-18)23(26)24-12-10-19(11-13-24)27-22-16(3)6-5-7-17(22)4/h5-9,14-15,19,25H,10-13H2,1-4H3. The highest BCUT2D eigenvalue weighted by Gasteiger charge is 2.27. The van der Waals surface area contributed by atoms with Crippen molar-refractivity contribution < 1.29 is 14.6 Å². The minimum absolute atomic E-state index is 0.0540. The van der Waals surface area contributed by atoms with E-state index in [4.69, 9.17) is 4.74 Å². The van der Waals surface area contributed by atoms with Crippen molar-refractivity contribution in [1.82, 2.24) is 4.90 Å². The van der Waals surface area contributed by atoms with Crippen LogP contribution in [0.4, 0.5) is 0 Å². The molecule has 3 rings (SSSR count). The number of phenols is 1. The molecule has 0 unspecified atom stereocenters. The zero-order chi connectivity index (χ0) is 19.6. The van der Waals surface area contributed by atoms with Gasteiger partial charge in [-0.3, -0.25) is 4.79 Å². The van der Waals surface area contributed by atoms with Crippen LogP contribution in [0.2, 0.25) is 0 Å². The zero-order valence-corrected chi connectivity index (χ0v) is 16.7. The third-order valence-electron chi connectivity index (χ3n) is 5.34. The van der Waals surface area contributed by atoms with E-state index in [2.05, 4.69) is 39.8 Å². The fourth-order valence-corrected chi connectivity index (χ4v) is 3.58. The Kier molecular flexibility index (Phi) is 5.73. The van der Waals surface area contributed by atoms with Crippen LogP contribution in [0.3, 0.4) is 0 Å². The number of carbonyl (C=O) groups is 1. The minimum atomic E-state index is -0.0967. The first kappa shape index (κ1) is 19.3. The van der Waals surface area contributed by atoms with Gasteiger partial charge in [0.25, 0.3) is 5.91 Å². The average Bonchev–Trinajstić information content (AvgIpc) is 2.65.